The van der Waals surface area contributed by atoms with Crippen LogP contribution in [0.25, 0.3) is 0 Å². The highest BCUT2D eigenvalue weighted by Gasteiger charge is 2.16. The third-order valence-electron chi connectivity index (χ3n) is 3.28. The SMILES string of the molecule is BrCc1cccc(Br)c1OC1CCCCCC1. The van der Waals surface area contributed by atoms with E-state index in [1.54, 1.807) is 0 Å². The van der Waals surface area contributed by atoms with Gasteiger partial charge in [0.1, 0.15) is 5.75 Å². The summed E-state index contributed by atoms with van der Waals surface area (Å²) in [6.07, 6.45) is 8.13. The molecule has 1 nitrogen and oxygen atoms in total. The van der Waals surface area contributed by atoms with Gasteiger partial charge in [-0.3, -0.25) is 0 Å². The van der Waals surface area contributed by atoms with E-state index in [1.807, 2.05) is 0 Å². The molecule has 2 rings (SSSR count). The first kappa shape index (κ1) is 13.4. The van der Waals surface area contributed by atoms with Gasteiger partial charge in [0, 0.05) is 10.9 Å². The molecule has 0 spiro atoms. The van der Waals surface area contributed by atoms with Crippen LogP contribution < -0.4 is 4.74 Å². The molecule has 0 unspecified atom stereocenters. The molecule has 0 atom stereocenters. The normalized spacial score (nSPS) is 17.8. The molecule has 3 heteroatoms. The highest BCUT2D eigenvalue weighted by atomic mass is 79.9. The molecule has 0 radical (unpaired) electrons. The van der Waals surface area contributed by atoms with Crippen LogP contribution in [0.4, 0.5) is 0 Å². The fourth-order valence-corrected chi connectivity index (χ4v) is 3.26. The second kappa shape index (κ2) is 6.79. The highest BCUT2D eigenvalue weighted by molar-refractivity contribution is 9.10. The number of alkyl halides is 1. The summed E-state index contributed by atoms with van der Waals surface area (Å²) in [5, 5.41) is 0.842. The van der Waals surface area contributed by atoms with Crippen LogP contribution in [0.2, 0.25) is 0 Å². The molecule has 0 amide bonds. The summed E-state index contributed by atoms with van der Waals surface area (Å²) < 4.78 is 7.28. The lowest BCUT2D eigenvalue weighted by Gasteiger charge is -2.20. The molecule has 0 bridgehead atoms. The van der Waals surface area contributed by atoms with Gasteiger partial charge in [-0.15, -0.1) is 0 Å². The fraction of sp³-hybridized carbons (Fsp3) is 0.571. The van der Waals surface area contributed by atoms with Gasteiger partial charge in [0.15, 0.2) is 0 Å². The molecular weight excluding hydrogens is 344 g/mol. The number of benzene rings is 1. The fourth-order valence-electron chi connectivity index (χ4n) is 2.32. The van der Waals surface area contributed by atoms with Crippen LogP contribution in [-0.4, -0.2) is 6.10 Å². The number of hydrogen-bond acceptors (Lipinski definition) is 1. The van der Waals surface area contributed by atoms with Crippen molar-refractivity contribution in [1.82, 2.24) is 0 Å². The Kier molecular flexibility index (Phi) is 5.36. The van der Waals surface area contributed by atoms with Gasteiger partial charge >= 0.3 is 0 Å². The molecule has 1 aromatic rings. The van der Waals surface area contributed by atoms with Crippen molar-refractivity contribution in [1.29, 1.82) is 0 Å². The molecule has 0 aromatic heterocycles. The summed E-state index contributed by atoms with van der Waals surface area (Å²) in [5.41, 5.74) is 1.23. The number of rotatable bonds is 3. The summed E-state index contributed by atoms with van der Waals surface area (Å²) >= 11 is 7.11. The van der Waals surface area contributed by atoms with E-state index in [2.05, 4.69) is 50.1 Å². The zero-order valence-electron chi connectivity index (χ0n) is 9.92. The summed E-state index contributed by atoms with van der Waals surface area (Å²) in [6, 6.07) is 6.23. The van der Waals surface area contributed by atoms with Crippen LogP contribution in [-0.2, 0) is 5.33 Å². The Morgan fingerprint density at radius 1 is 1.12 bits per heavy atom. The van der Waals surface area contributed by atoms with Crippen LogP contribution in [0.3, 0.4) is 0 Å². The van der Waals surface area contributed by atoms with Crippen molar-refractivity contribution in [3.63, 3.8) is 0 Å². The standard InChI is InChI=1S/C14H18Br2O/c15-10-11-6-5-9-13(16)14(11)17-12-7-3-1-2-4-8-12/h5-6,9,12H,1-4,7-8,10H2. The number of para-hydroxylation sites is 1. The molecule has 0 heterocycles. The Morgan fingerprint density at radius 3 is 2.47 bits per heavy atom. The van der Waals surface area contributed by atoms with Crippen molar-refractivity contribution in [2.45, 2.75) is 50.0 Å². The lowest BCUT2D eigenvalue weighted by Crippen LogP contribution is -2.16. The van der Waals surface area contributed by atoms with E-state index in [4.69, 9.17) is 4.74 Å². The van der Waals surface area contributed by atoms with Gasteiger partial charge in [0.25, 0.3) is 0 Å². The Labute approximate surface area is 120 Å². The molecule has 1 fully saturated rings. The molecule has 1 saturated carbocycles. The Balaban J connectivity index is 2.11. The number of ether oxygens (including phenoxy) is 1. The predicted molar refractivity (Wildman–Crippen MR) is 78.9 cm³/mol. The van der Waals surface area contributed by atoms with Gasteiger partial charge in [-0.05, 0) is 47.7 Å². The summed E-state index contributed by atoms with van der Waals surface area (Å²) in [6.45, 7) is 0. The molecule has 1 aromatic carbocycles. The average Bonchev–Trinajstić information content (AvgIpc) is 2.60. The second-order valence-electron chi connectivity index (χ2n) is 4.59. The zero-order chi connectivity index (χ0) is 12.1. The first-order valence-electron chi connectivity index (χ1n) is 6.31. The van der Waals surface area contributed by atoms with Crippen molar-refractivity contribution in [2.75, 3.05) is 0 Å². The number of halogens is 2. The van der Waals surface area contributed by atoms with Crippen molar-refractivity contribution < 1.29 is 4.74 Å². The third-order valence-corrected chi connectivity index (χ3v) is 4.51. The second-order valence-corrected chi connectivity index (χ2v) is 6.01. The Hall–Kier alpha value is -0.0200. The number of hydrogen-bond donors (Lipinski definition) is 0. The van der Waals surface area contributed by atoms with Crippen molar-refractivity contribution in [2.24, 2.45) is 0 Å². The largest absolute Gasteiger partial charge is 0.489 e. The van der Waals surface area contributed by atoms with Crippen LogP contribution in [0, 0.1) is 0 Å². The average molecular weight is 362 g/mol. The summed E-state index contributed by atoms with van der Waals surface area (Å²) in [4.78, 5) is 0. The van der Waals surface area contributed by atoms with E-state index in [0.29, 0.717) is 6.10 Å². The Morgan fingerprint density at radius 2 is 1.82 bits per heavy atom. The molecule has 17 heavy (non-hydrogen) atoms. The molecule has 94 valence electrons. The minimum Gasteiger partial charge on any atom is -0.489 e. The molecule has 0 saturated heterocycles. The van der Waals surface area contributed by atoms with E-state index in [9.17, 15) is 0 Å². The zero-order valence-corrected chi connectivity index (χ0v) is 13.1. The molecular formula is C14H18Br2O. The topological polar surface area (TPSA) is 9.23 Å². The van der Waals surface area contributed by atoms with E-state index < -0.39 is 0 Å². The van der Waals surface area contributed by atoms with Gasteiger partial charge < -0.3 is 4.74 Å². The summed E-state index contributed by atoms with van der Waals surface area (Å²) in [5.74, 6) is 1.02. The maximum atomic E-state index is 6.21. The lowest BCUT2D eigenvalue weighted by atomic mass is 10.1. The molecule has 1 aliphatic carbocycles. The van der Waals surface area contributed by atoms with Gasteiger partial charge in [0.05, 0.1) is 10.6 Å². The summed E-state index contributed by atoms with van der Waals surface area (Å²) in [7, 11) is 0. The molecule has 0 N–H and O–H groups in total. The minimum absolute atomic E-state index is 0.397. The predicted octanol–water partition coefficient (Wildman–Crippen LogP) is 5.45. The van der Waals surface area contributed by atoms with Crippen molar-refractivity contribution >= 4 is 31.9 Å². The van der Waals surface area contributed by atoms with Crippen LogP contribution in [0.1, 0.15) is 44.1 Å². The van der Waals surface area contributed by atoms with Gasteiger partial charge in [0.2, 0.25) is 0 Å². The van der Waals surface area contributed by atoms with E-state index in [0.717, 1.165) is 15.6 Å². The van der Waals surface area contributed by atoms with Gasteiger partial charge in [-0.2, -0.15) is 0 Å². The van der Waals surface area contributed by atoms with Crippen LogP contribution in [0.5, 0.6) is 5.75 Å². The maximum Gasteiger partial charge on any atom is 0.137 e. The molecule has 1 aliphatic rings. The first-order valence-corrected chi connectivity index (χ1v) is 8.22. The van der Waals surface area contributed by atoms with E-state index >= 15 is 0 Å². The third kappa shape index (κ3) is 3.72. The van der Waals surface area contributed by atoms with E-state index in [-0.39, 0.29) is 0 Å². The lowest BCUT2D eigenvalue weighted by molar-refractivity contribution is 0.181. The van der Waals surface area contributed by atoms with Gasteiger partial charge in [-0.1, -0.05) is 40.9 Å². The molecule has 0 aliphatic heterocycles. The minimum atomic E-state index is 0.397. The first-order chi connectivity index (χ1) is 8.31. The van der Waals surface area contributed by atoms with Crippen LogP contribution >= 0.6 is 31.9 Å². The van der Waals surface area contributed by atoms with Gasteiger partial charge in [-0.25, -0.2) is 0 Å². The quantitative estimate of drug-likeness (QED) is 0.514. The highest BCUT2D eigenvalue weighted by Crippen LogP contribution is 2.33. The maximum absolute atomic E-state index is 6.21. The van der Waals surface area contributed by atoms with E-state index in [1.165, 1.54) is 44.1 Å². The van der Waals surface area contributed by atoms with Crippen molar-refractivity contribution in [3.05, 3.63) is 28.2 Å². The van der Waals surface area contributed by atoms with Crippen molar-refractivity contribution in [3.8, 4) is 5.75 Å². The smallest absolute Gasteiger partial charge is 0.137 e. The Bertz CT molecular complexity index is 357. The van der Waals surface area contributed by atoms with Crippen LogP contribution in [0.15, 0.2) is 22.7 Å². The monoisotopic (exact) mass is 360 g/mol.